The van der Waals surface area contributed by atoms with Crippen LogP contribution in [0, 0.1) is 0 Å². The van der Waals surface area contributed by atoms with Gasteiger partial charge in [0, 0.05) is 17.8 Å². The highest BCUT2D eigenvalue weighted by atomic mass is 32.2. The molecular weight excluding hydrogens is 292 g/mol. The number of sulfonamides is 1. The van der Waals surface area contributed by atoms with E-state index in [0.717, 1.165) is 30.5 Å². The first-order valence-corrected chi connectivity index (χ1v) is 9.61. The first-order valence-electron chi connectivity index (χ1n) is 6.73. The first kappa shape index (κ1) is 15.8. The molecule has 0 spiro atoms. The Balaban J connectivity index is 1.90. The SMILES string of the molecule is CNCc1ccc(CS(=O)(=O)NCC2(SC)CC2)cc1. The van der Waals surface area contributed by atoms with Gasteiger partial charge in [0.15, 0.2) is 0 Å². The summed E-state index contributed by atoms with van der Waals surface area (Å²) in [5.74, 6) is 0.0529. The summed E-state index contributed by atoms with van der Waals surface area (Å²) in [7, 11) is -1.35. The van der Waals surface area contributed by atoms with Gasteiger partial charge in [0.05, 0.1) is 5.75 Å². The van der Waals surface area contributed by atoms with Crippen LogP contribution in [0.2, 0.25) is 0 Å². The Morgan fingerprint density at radius 2 is 1.80 bits per heavy atom. The second-order valence-corrected chi connectivity index (χ2v) is 8.40. The van der Waals surface area contributed by atoms with Crippen LogP contribution in [0.25, 0.3) is 0 Å². The summed E-state index contributed by atoms with van der Waals surface area (Å²) >= 11 is 1.76. The Bertz CT molecular complexity index is 537. The van der Waals surface area contributed by atoms with Gasteiger partial charge in [0.1, 0.15) is 0 Å². The monoisotopic (exact) mass is 314 g/mol. The molecule has 0 aromatic heterocycles. The van der Waals surface area contributed by atoms with Gasteiger partial charge >= 0.3 is 0 Å². The first-order chi connectivity index (χ1) is 9.49. The van der Waals surface area contributed by atoms with Crippen molar-refractivity contribution in [3.8, 4) is 0 Å². The minimum atomic E-state index is -3.24. The van der Waals surface area contributed by atoms with Gasteiger partial charge in [-0.15, -0.1) is 0 Å². The third kappa shape index (κ3) is 4.48. The molecule has 2 N–H and O–H groups in total. The smallest absolute Gasteiger partial charge is 0.215 e. The molecule has 0 unspecified atom stereocenters. The Morgan fingerprint density at radius 1 is 1.20 bits per heavy atom. The zero-order valence-electron chi connectivity index (χ0n) is 12.0. The highest BCUT2D eigenvalue weighted by molar-refractivity contribution is 8.00. The summed E-state index contributed by atoms with van der Waals surface area (Å²) in [6, 6.07) is 7.69. The summed E-state index contributed by atoms with van der Waals surface area (Å²) in [5, 5.41) is 3.07. The lowest BCUT2D eigenvalue weighted by Gasteiger charge is -2.13. The average Bonchev–Trinajstić information content (AvgIpc) is 3.20. The molecule has 1 saturated carbocycles. The fourth-order valence-corrected chi connectivity index (χ4v) is 4.11. The van der Waals surface area contributed by atoms with E-state index in [4.69, 9.17) is 0 Å². The zero-order chi connectivity index (χ0) is 14.6. The molecule has 4 nitrogen and oxygen atoms in total. The Kier molecular flexibility index (Phi) is 5.12. The van der Waals surface area contributed by atoms with Crippen LogP contribution in [-0.2, 0) is 22.3 Å². The number of hydrogen-bond donors (Lipinski definition) is 2. The lowest BCUT2D eigenvalue weighted by Crippen LogP contribution is -2.32. The maximum atomic E-state index is 12.1. The minimum Gasteiger partial charge on any atom is -0.316 e. The van der Waals surface area contributed by atoms with Crippen LogP contribution in [0.4, 0.5) is 0 Å². The van der Waals surface area contributed by atoms with Crippen LogP contribution >= 0.6 is 11.8 Å². The van der Waals surface area contributed by atoms with Gasteiger partial charge in [-0.2, -0.15) is 11.8 Å². The number of rotatable bonds is 8. The largest absolute Gasteiger partial charge is 0.316 e. The second kappa shape index (κ2) is 6.47. The lowest BCUT2D eigenvalue weighted by atomic mass is 10.1. The molecule has 6 heteroatoms. The molecule has 1 aromatic rings. The molecule has 2 rings (SSSR count). The molecule has 0 bridgehead atoms. The van der Waals surface area contributed by atoms with E-state index in [1.165, 1.54) is 0 Å². The maximum Gasteiger partial charge on any atom is 0.215 e. The fourth-order valence-electron chi connectivity index (χ4n) is 2.06. The van der Waals surface area contributed by atoms with Gasteiger partial charge in [0.25, 0.3) is 0 Å². The van der Waals surface area contributed by atoms with E-state index in [0.29, 0.717) is 6.54 Å². The van der Waals surface area contributed by atoms with Crippen LogP contribution in [0.3, 0.4) is 0 Å². The summed E-state index contributed by atoms with van der Waals surface area (Å²) in [6.07, 6.45) is 4.26. The van der Waals surface area contributed by atoms with Crippen molar-refractivity contribution in [3.63, 3.8) is 0 Å². The molecule has 1 fully saturated rings. The van der Waals surface area contributed by atoms with Crippen molar-refractivity contribution in [2.75, 3.05) is 19.8 Å². The van der Waals surface area contributed by atoms with Crippen molar-refractivity contribution >= 4 is 21.8 Å². The van der Waals surface area contributed by atoms with E-state index >= 15 is 0 Å². The van der Waals surface area contributed by atoms with Gasteiger partial charge in [-0.3, -0.25) is 0 Å². The summed E-state index contributed by atoms with van der Waals surface area (Å²) in [6.45, 7) is 1.34. The van der Waals surface area contributed by atoms with Gasteiger partial charge in [0.2, 0.25) is 10.0 Å². The predicted octanol–water partition coefficient (Wildman–Crippen LogP) is 1.72. The summed E-state index contributed by atoms with van der Waals surface area (Å²) < 4.78 is 27.0. The molecule has 0 aliphatic heterocycles. The Labute approximate surface area is 125 Å². The zero-order valence-corrected chi connectivity index (χ0v) is 13.6. The van der Waals surface area contributed by atoms with Crippen molar-refractivity contribution in [1.82, 2.24) is 10.0 Å². The average molecular weight is 314 g/mol. The molecule has 1 aliphatic rings. The predicted molar refractivity (Wildman–Crippen MR) is 85.3 cm³/mol. The van der Waals surface area contributed by atoms with E-state index < -0.39 is 10.0 Å². The van der Waals surface area contributed by atoms with Crippen LogP contribution in [0.5, 0.6) is 0 Å². The van der Waals surface area contributed by atoms with E-state index in [9.17, 15) is 8.42 Å². The van der Waals surface area contributed by atoms with Gasteiger partial charge in [-0.1, -0.05) is 24.3 Å². The molecule has 1 aromatic carbocycles. The molecule has 112 valence electrons. The maximum absolute atomic E-state index is 12.1. The topological polar surface area (TPSA) is 58.2 Å². The van der Waals surface area contributed by atoms with E-state index in [2.05, 4.69) is 10.0 Å². The van der Waals surface area contributed by atoms with Crippen LogP contribution in [0.15, 0.2) is 24.3 Å². The van der Waals surface area contributed by atoms with Crippen molar-refractivity contribution in [3.05, 3.63) is 35.4 Å². The van der Waals surface area contributed by atoms with Crippen molar-refractivity contribution < 1.29 is 8.42 Å². The molecule has 0 heterocycles. The molecule has 0 saturated heterocycles. The highest BCUT2D eigenvalue weighted by Gasteiger charge is 2.42. The minimum absolute atomic E-state index is 0.0529. The third-order valence-corrected chi connectivity index (χ3v) is 6.33. The molecule has 0 radical (unpaired) electrons. The third-order valence-electron chi connectivity index (χ3n) is 3.62. The highest BCUT2D eigenvalue weighted by Crippen LogP contribution is 2.46. The van der Waals surface area contributed by atoms with E-state index in [1.807, 2.05) is 37.6 Å². The normalized spacial score (nSPS) is 17.1. The number of nitrogens with one attached hydrogen (secondary N) is 2. The van der Waals surface area contributed by atoms with E-state index in [1.54, 1.807) is 11.8 Å². The van der Waals surface area contributed by atoms with Crippen LogP contribution in [-0.4, -0.2) is 33.0 Å². The number of hydrogen-bond acceptors (Lipinski definition) is 4. The van der Waals surface area contributed by atoms with Crippen molar-refractivity contribution in [2.45, 2.75) is 29.9 Å². The molecule has 0 atom stereocenters. The lowest BCUT2D eigenvalue weighted by molar-refractivity contribution is 0.579. The Hall–Kier alpha value is -0.560. The summed E-state index contributed by atoms with van der Waals surface area (Å²) in [5.41, 5.74) is 1.98. The van der Waals surface area contributed by atoms with E-state index in [-0.39, 0.29) is 10.5 Å². The number of benzene rings is 1. The quantitative estimate of drug-likeness (QED) is 0.767. The van der Waals surface area contributed by atoms with Crippen molar-refractivity contribution in [2.24, 2.45) is 0 Å². The fraction of sp³-hybridized carbons (Fsp3) is 0.571. The van der Waals surface area contributed by atoms with Crippen LogP contribution < -0.4 is 10.0 Å². The molecule has 0 amide bonds. The van der Waals surface area contributed by atoms with Crippen molar-refractivity contribution in [1.29, 1.82) is 0 Å². The molecule has 1 aliphatic carbocycles. The van der Waals surface area contributed by atoms with Gasteiger partial charge in [-0.25, -0.2) is 13.1 Å². The van der Waals surface area contributed by atoms with Crippen LogP contribution in [0.1, 0.15) is 24.0 Å². The number of thioether (sulfide) groups is 1. The standard InChI is InChI=1S/C14H22N2O2S2/c1-15-9-12-3-5-13(6-4-12)10-20(17,18)16-11-14(19-2)7-8-14/h3-6,15-16H,7-11H2,1-2H3. The molecular formula is C14H22N2O2S2. The second-order valence-electron chi connectivity index (χ2n) is 5.31. The summed E-state index contributed by atoms with van der Waals surface area (Å²) in [4.78, 5) is 0. The van der Waals surface area contributed by atoms with Gasteiger partial charge in [-0.05, 0) is 37.3 Å². The molecule has 20 heavy (non-hydrogen) atoms. The van der Waals surface area contributed by atoms with Gasteiger partial charge < -0.3 is 5.32 Å². The Morgan fingerprint density at radius 3 is 2.30 bits per heavy atom.